The summed E-state index contributed by atoms with van der Waals surface area (Å²) in [4.78, 5) is 20.8. The molecule has 15 heavy (non-hydrogen) atoms. The minimum absolute atomic E-state index is 0.0301. The second-order valence-electron chi connectivity index (χ2n) is 2.63. The van der Waals surface area contributed by atoms with Crippen molar-refractivity contribution in [2.75, 3.05) is 12.4 Å². The van der Waals surface area contributed by atoms with E-state index in [1.165, 1.54) is 25.2 Å². The molecule has 0 bridgehead atoms. The highest BCUT2D eigenvalue weighted by molar-refractivity contribution is 6.32. The van der Waals surface area contributed by atoms with E-state index in [-0.39, 0.29) is 10.7 Å². The topological polar surface area (TPSA) is 84.3 Å². The fraction of sp³-hybridized carbons (Fsp3) is 0.125. The van der Waals surface area contributed by atoms with Crippen LogP contribution in [0.15, 0.2) is 18.2 Å². The molecular formula is C8H8ClN3O3. The number of benzene rings is 1. The van der Waals surface area contributed by atoms with Crippen LogP contribution in [0.25, 0.3) is 0 Å². The summed E-state index contributed by atoms with van der Waals surface area (Å²) in [6, 6.07) is 3.57. The third-order valence-electron chi connectivity index (χ3n) is 1.63. The van der Waals surface area contributed by atoms with Gasteiger partial charge in [-0.05, 0) is 12.1 Å². The first-order valence-corrected chi connectivity index (χ1v) is 4.35. The molecule has 1 aromatic rings. The van der Waals surface area contributed by atoms with E-state index in [0.29, 0.717) is 5.69 Å². The van der Waals surface area contributed by atoms with Crippen molar-refractivity contribution < 1.29 is 9.72 Å². The number of carbonyl (C=O) groups is 1. The Morgan fingerprint density at radius 3 is 2.73 bits per heavy atom. The Morgan fingerprint density at radius 2 is 2.20 bits per heavy atom. The normalized spacial score (nSPS) is 9.47. The summed E-state index contributed by atoms with van der Waals surface area (Å²) in [6.07, 6.45) is 0. The van der Waals surface area contributed by atoms with E-state index < -0.39 is 11.0 Å². The number of nitrogens with one attached hydrogen (secondary N) is 2. The standard InChI is InChI=1S/C8H8ClN3O3/c1-10-8(13)11-5-2-3-6(9)7(4-5)12(14)15/h2-4H,1H3,(H2,10,11,13). The molecule has 0 atom stereocenters. The van der Waals surface area contributed by atoms with E-state index >= 15 is 0 Å². The molecule has 80 valence electrons. The SMILES string of the molecule is CNC(=O)Nc1ccc(Cl)c([N+](=O)[O-])c1. The van der Waals surface area contributed by atoms with E-state index in [4.69, 9.17) is 11.6 Å². The number of anilines is 1. The average molecular weight is 230 g/mol. The molecule has 1 aromatic carbocycles. The Kier molecular flexibility index (Phi) is 3.46. The Hall–Kier alpha value is -1.82. The number of nitrogens with zero attached hydrogens (tertiary/aromatic N) is 1. The first kappa shape index (κ1) is 11.3. The van der Waals surface area contributed by atoms with E-state index in [2.05, 4.69) is 10.6 Å². The largest absolute Gasteiger partial charge is 0.341 e. The summed E-state index contributed by atoms with van der Waals surface area (Å²) >= 11 is 5.59. The molecule has 0 saturated carbocycles. The van der Waals surface area contributed by atoms with Gasteiger partial charge in [-0.1, -0.05) is 11.6 Å². The fourth-order valence-electron chi connectivity index (χ4n) is 0.924. The van der Waals surface area contributed by atoms with Gasteiger partial charge in [-0.3, -0.25) is 10.1 Å². The third-order valence-corrected chi connectivity index (χ3v) is 1.95. The van der Waals surface area contributed by atoms with Crippen molar-refractivity contribution in [1.82, 2.24) is 5.32 Å². The molecule has 0 spiro atoms. The summed E-state index contributed by atoms with van der Waals surface area (Å²) in [5, 5.41) is 15.3. The van der Waals surface area contributed by atoms with Crippen LogP contribution in [0.4, 0.5) is 16.2 Å². The Balaban J connectivity index is 2.97. The lowest BCUT2D eigenvalue weighted by Crippen LogP contribution is -2.24. The van der Waals surface area contributed by atoms with Gasteiger partial charge in [-0.2, -0.15) is 0 Å². The van der Waals surface area contributed by atoms with E-state index in [0.717, 1.165) is 0 Å². The van der Waals surface area contributed by atoms with Gasteiger partial charge in [-0.25, -0.2) is 4.79 Å². The van der Waals surface area contributed by atoms with Gasteiger partial charge in [-0.15, -0.1) is 0 Å². The Bertz CT molecular complexity index is 408. The third kappa shape index (κ3) is 2.81. The molecule has 0 aliphatic carbocycles. The van der Waals surface area contributed by atoms with Crippen LogP contribution in [0.3, 0.4) is 0 Å². The second kappa shape index (κ2) is 4.61. The summed E-state index contributed by atoms with van der Waals surface area (Å²) in [6.45, 7) is 0. The maximum absolute atomic E-state index is 10.9. The monoisotopic (exact) mass is 229 g/mol. The van der Waals surface area contributed by atoms with Crippen molar-refractivity contribution in [3.63, 3.8) is 0 Å². The second-order valence-corrected chi connectivity index (χ2v) is 3.03. The summed E-state index contributed by atoms with van der Waals surface area (Å²) in [5.74, 6) is 0. The van der Waals surface area contributed by atoms with Crippen molar-refractivity contribution in [3.05, 3.63) is 33.3 Å². The van der Waals surface area contributed by atoms with E-state index in [1.807, 2.05) is 0 Å². The number of nitro benzene ring substituents is 1. The number of nitro groups is 1. The van der Waals surface area contributed by atoms with Gasteiger partial charge in [0.05, 0.1) is 4.92 Å². The summed E-state index contributed by atoms with van der Waals surface area (Å²) in [7, 11) is 1.44. The molecule has 0 aliphatic heterocycles. The van der Waals surface area contributed by atoms with Crippen LogP contribution in [0.1, 0.15) is 0 Å². The number of carbonyl (C=O) groups excluding carboxylic acids is 1. The lowest BCUT2D eigenvalue weighted by atomic mass is 10.3. The van der Waals surface area contributed by atoms with Crippen molar-refractivity contribution in [1.29, 1.82) is 0 Å². The first-order valence-electron chi connectivity index (χ1n) is 3.97. The maximum Gasteiger partial charge on any atom is 0.318 e. The van der Waals surface area contributed by atoms with Crippen LogP contribution < -0.4 is 10.6 Å². The predicted molar refractivity (Wildman–Crippen MR) is 56.2 cm³/mol. The molecule has 2 N–H and O–H groups in total. The highest BCUT2D eigenvalue weighted by atomic mass is 35.5. The Morgan fingerprint density at radius 1 is 1.53 bits per heavy atom. The number of halogens is 1. The molecule has 0 unspecified atom stereocenters. The zero-order valence-corrected chi connectivity index (χ0v) is 8.54. The van der Waals surface area contributed by atoms with Gasteiger partial charge < -0.3 is 10.6 Å². The molecule has 0 aromatic heterocycles. The lowest BCUT2D eigenvalue weighted by Gasteiger charge is -2.04. The van der Waals surface area contributed by atoms with Crippen molar-refractivity contribution in [3.8, 4) is 0 Å². The average Bonchev–Trinajstić information content (AvgIpc) is 2.20. The number of urea groups is 1. The molecule has 0 aliphatic rings. The number of hydrogen-bond donors (Lipinski definition) is 2. The zero-order chi connectivity index (χ0) is 11.4. The predicted octanol–water partition coefficient (Wildman–Crippen LogP) is 2.00. The van der Waals surface area contributed by atoms with Crippen LogP contribution in [0.2, 0.25) is 5.02 Å². The highest BCUT2D eigenvalue weighted by Gasteiger charge is 2.13. The zero-order valence-electron chi connectivity index (χ0n) is 7.78. The number of amides is 2. The smallest absolute Gasteiger partial charge is 0.318 e. The van der Waals surface area contributed by atoms with Crippen molar-refractivity contribution in [2.24, 2.45) is 0 Å². The molecule has 0 heterocycles. The van der Waals surface area contributed by atoms with Crippen LogP contribution in [-0.4, -0.2) is 18.0 Å². The van der Waals surface area contributed by atoms with Crippen LogP contribution in [0, 0.1) is 10.1 Å². The molecule has 1 rings (SSSR count). The first-order chi connectivity index (χ1) is 7.04. The van der Waals surface area contributed by atoms with Crippen LogP contribution in [0.5, 0.6) is 0 Å². The minimum Gasteiger partial charge on any atom is -0.341 e. The molecule has 2 amide bonds. The van der Waals surface area contributed by atoms with Crippen LogP contribution in [-0.2, 0) is 0 Å². The van der Waals surface area contributed by atoms with Crippen molar-refractivity contribution >= 4 is 29.0 Å². The van der Waals surface area contributed by atoms with Gasteiger partial charge in [0.15, 0.2) is 0 Å². The number of hydrogen-bond acceptors (Lipinski definition) is 3. The fourth-order valence-corrected chi connectivity index (χ4v) is 1.11. The summed E-state index contributed by atoms with van der Waals surface area (Å²) in [5.41, 5.74) is 0.0658. The van der Waals surface area contributed by atoms with Gasteiger partial charge in [0.25, 0.3) is 5.69 Å². The van der Waals surface area contributed by atoms with E-state index in [1.54, 1.807) is 0 Å². The number of rotatable bonds is 2. The minimum atomic E-state index is -0.614. The quantitative estimate of drug-likeness (QED) is 0.601. The summed E-state index contributed by atoms with van der Waals surface area (Å²) < 4.78 is 0. The molecule has 7 heteroatoms. The van der Waals surface area contributed by atoms with Gasteiger partial charge in [0.2, 0.25) is 0 Å². The van der Waals surface area contributed by atoms with Gasteiger partial charge in [0, 0.05) is 18.8 Å². The molecule has 0 saturated heterocycles. The Labute approximate surface area is 90.4 Å². The van der Waals surface area contributed by atoms with E-state index in [9.17, 15) is 14.9 Å². The lowest BCUT2D eigenvalue weighted by molar-refractivity contribution is -0.384. The molecule has 0 fully saturated rings. The molecule has 6 nitrogen and oxygen atoms in total. The van der Waals surface area contributed by atoms with Gasteiger partial charge >= 0.3 is 6.03 Å². The molecule has 0 radical (unpaired) electrons. The van der Waals surface area contributed by atoms with Crippen molar-refractivity contribution in [2.45, 2.75) is 0 Å². The molecular weight excluding hydrogens is 222 g/mol. The van der Waals surface area contributed by atoms with Gasteiger partial charge in [0.1, 0.15) is 5.02 Å². The maximum atomic E-state index is 10.9. The van der Waals surface area contributed by atoms with Crippen LogP contribution >= 0.6 is 11.6 Å². The highest BCUT2D eigenvalue weighted by Crippen LogP contribution is 2.27.